The molecule has 0 heterocycles. The summed E-state index contributed by atoms with van der Waals surface area (Å²) >= 11 is 8.16. The zero-order chi connectivity index (χ0) is 5.70. The lowest BCUT2D eigenvalue weighted by Gasteiger charge is -1.97. The smallest absolute Gasteiger partial charge is 0.218 e. The lowest BCUT2D eigenvalue weighted by molar-refractivity contribution is 0.299. The zero-order valence-corrected chi connectivity index (χ0v) is 5.68. The SMILES string of the molecule is CNCOC(=S)S. The molecule has 0 aliphatic heterocycles. The molecule has 0 saturated carbocycles. The lowest BCUT2D eigenvalue weighted by Crippen LogP contribution is -2.12. The molecule has 7 heavy (non-hydrogen) atoms. The Morgan fingerprint density at radius 1 is 2.00 bits per heavy atom. The molecule has 1 N–H and O–H groups in total. The van der Waals surface area contributed by atoms with E-state index in [0.717, 1.165) is 0 Å². The Bertz CT molecular complexity index is 66.0. The Balaban J connectivity index is 2.82. The van der Waals surface area contributed by atoms with E-state index in [0.29, 0.717) is 6.73 Å². The Labute approximate surface area is 53.6 Å². The summed E-state index contributed by atoms with van der Waals surface area (Å²) in [6, 6.07) is 0. The molecule has 0 amide bonds. The molecule has 0 aromatic rings. The predicted octanol–water partition coefficient (Wildman–Crippen LogP) is 0.395. The van der Waals surface area contributed by atoms with Gasteiger partial charge in [0.15, 0.2) is 0 Å². The monoisotopic (exact) mass is 137 g/mol. The molecular formula is C3H7NOS2. The van der Waals surface area contributed by atoms with E-state index in [9.17, 15) is 0 Å². The number of hydrogen-bond donors (Lipinski definition) is 2. The van der Waals surface area contributed by atoms with Crippen molar-refractivity contribution >= 4 is 29.2 Å². The first-order valence-electron chi connectivity index (χ1n) is 1.77. The largest absolute Gasteiger partial charge is 0.463 e. The molecule has 0 aromatic carbocycles. The normalized spacial score (nSPS) is 8.29. The molecule has 0 saturated heterocycles. The third-order valence-electron chi connectivity index (χ3n) is 0.340. The molecule has 0 rings (SSSR count). The molecule has 2 nitrogen and oxygen atoms in total. The van der Waals surface area contributed by atoms with Gasteiger partial charge in [0.25, 0.3) is 0 Å². The highest BCUT2D eigenvalue weighted by molar-refractivity contribution is 8.10. The fourth-order valence-corrected chi connectivity index (χ4v) is 0.257. The molecule has 0 aromatic heterocycles. The van der Waals surface area contributed by atoms with E-state index in [1.165, 1.54) is 0 Å². The summed E-state index contributed by atoms with van der Waals surface area (Å²) in [5.74, 6) is 0. The van der Waals surface area contributed by atoms with Crippen LogP contribution in [0, 0.1) is 0 Å². The van der Waals surface area contributed by atoms with Crippen molar-refractivity contribution in [3.05, 3.63) is 0 Å². The van der Waals surface area contributed by atoms with E-state index in [1.54, 1.807) is 7.05 Å². The van der Waals surface area contributed by atoms with Crippen molar-refractivity contribution in [1.82, 2.24) is 5.32 Å². The molecule has 0 aliphatic carbocycles. The van der Waals surface area contributed by atoms with Gasteiger partial charge in [-0.25, -0.2) is 0 Å². The third-order valence-corrected chi connectivity index (χ3v) is 0.587. The lowest BCUT2D eigenvalue weighted by atomic mass is 11.1. The maximum Gasteiger partial charge on any atom is 0.218 e. The Kier molecular flexibility index (Phi) is 4.49. The molecular weight excluding hydrogens is 130 g/mol. The highest BCUT2D eigenvalue weighted by Gasteiger charge is 1.80. The van der Waals surface area contributed by atoms with Crippen molar-refractivity contribution in [1.29, 1.82) is 0 Å². The average molecular weight is 137 g/mol. The van der Waals surface area contributed by atoms with Crippen LogP contribution < -0.4 is 5.32 Å². The van der Waals surface area contributed by atoms with Crippen LogP contribution in [0.3, 0.4) is 0 Å². The third kappa shape index (κ3) is 6.20. The van der Waals surface area contributed by atoms with Gasteiger partial charge in [0.1, 0.15) is 6.73 Å². The zero-order valence-electron chi connectivity index (χ0n) is 3.97. The number of rotatable bonds is 2. The van der Waals surface area contributed by atoms with Crippen molar-refractivity contribution in [3.63, 3.8) is 0 Å². The molecule has 0 aliphatic rings. The van der Waals surface area contributed by atoms with Gasteiger partial charge in [-0.1, -0.05) is 12.6 Å². The van der Waals surface area contributed by atoms with E-state index in [1.807, 2.05) is 0 Å². The van der Waals surface area contributed by atoms with Crippen LogP contribution in [0.5, 0.6) is 0 Å². The van der Waals surface area contributed by atoms with Gasteiger partial charge in [0.2, 0.25) is 4.38 Å². The predicted molar refractivity (Wildman–Crippen MR) is 36.6 cm³/mol. The van der Waals surface area contributed by atoms with Crippen molar-refractivity contribution < 1.29 is 4.74 Å². The van der Waals surface area contributed by atoms with Gasteiger partial charge in [-0.2, -0.15) is 0 Å². The minimum atomic E-state index is 0.273. The molecule has 0 spiro atoms. The maximum atomic E-state index is 4.68. The molecule has 0 atom stereocenters. The van der Waals surface area contributed by atoms with E-state index in [2.05, 4.69) is 34.9 Å². The summed E-state index contributed by atoms with van der Waals surface area (Å²) in [4.78, 5) is 0. The van der Waals surface area contributed by atoms with Gasteiger partial charge in [-0.05, 0) is 19.3 Å². The first-order chi connectivity index (χ1) is 3.27. The van der Waals surface area contributed by atoms with E-state index in [4.69, 9.17) is 0 Å². The highest BCUT2D eigenvalue weighted by Crippen LogP contribution is 1.82. The second kappa shape index (κ2) is 4.36. The average Bonchev–Trinajstić information content (AvgIpc) is 1.61. The molecule has 0 unspecified atom stereocenters. The Morgan fingerprint density at radius 2 is 2.57 bits per heavy atom. The van der Waals surface area contributed by atoms with Crippen LogP contribution in [-0.4, -0.2) is 18.2 Å². The van der Waals surface area contributed by atoms with Crippen molar-refractivity contribution in [2.24, 2.45) is 0 Å². The van der Waals surface area contributed by atoms with Gasteiger partial charge in [0, 0.05) is 0 Å². The summed E-state index contributed by atoms with van der Waals surface area (Å²) < 4.78 is 4.95. The summed E-state index contributed by atoms with van der Waals surface area (Å²) in [5.41, 5.74) is 0. The van der Waals surface area contributed by atoms with Crippen LogP contribution in [0.15, 0.2) is 0 Å². The minimum Gasteiger partial charge on any atom is -0.463 e. The summed E-state index contributed by atoms with van der Waals surface area (Å²) in [6.07, 6.45) is 0. The van der Waals surface area contributed by atoms with Gasteiger partial charge in [0.05, 0.1) is 0 Å². The number of ether oxygens (including phenoxy) is 1. The number of thiocarbonyl (C=S) groups is 1. The second-order valence-corrected chi connectivity index (χ2v) is 1.99. The van der Waals surface area contributed by atoms with Crippen molar-refractivity contribution in [3.8, 4) is 0 Å². The van der Waals surface area contributed by atoms with Crippen LogP contribution in [0.1, 0.15) is 0 Å². The molecule has 0 radical (unpaired) electrons. The van der Waals surface area contributed by atoms with Crippen LogP contribution in [0.4, 0.5) is 0 Å². The van der Waals surface area contributed by atoms with Gasteiger partial charge >= 0.3 is 0 Å². The number of nitrogens with one attached hydrogen (secondary N) is 1. The van der Waals surface area contributed by atoms with E-state index < -0.39 is 0 Å². The van der Waals surface area contributed by atoms with Gasteiger partial charge in [-0.15, -0.1) is 0 Å². The second-order valence-electron chi connectivity index (χ2n) is 0.908. The molecule has 0 bridgehead atoms. The van der Waals surface area contributed by atoms with Crippen LogP contribution in [0.2, 0.25) is 0 Å². The number of thiol groups is 1. The van der Waals surface area contributed by atoms with Crippen molar-refractivity contribution in [2.75, 3.05) is 13.8 Å². The standard InChI is InChI=1S/C3H7NOS2/c1-4-2-5-3(6)7/h4H,2H2,1H3,(H,6,7). The fraction of sp³-hybridized carbons (Fsp3) is 0.667. The highest BCUT2D eigenvalue weighted by atomic mass is 32.1. The van der Waals surface area contributed by atoms with Crippen molar-refractivity contribution in [2.45, 2.75) is 0 Å². The summed E-state index contributed by atoms with van der Waals surface area (Å²) in [7, 11) is 1.77. The fourth-order valence-electron chi connectivity index (χ4n) is 0.134. The maximum absolute atomic E-state index is 4.68. The molecule has 4 heteroatoms. The summed E-state index contributed by atoms with van der Waals surface area (Å²) in [6.45, 7) is 0.433. The quantitative estimate of drug-likeness (QED) is 0.327. The van der Waals surface area contributed by atoms with Gasteiger partial charge in [-0.3, -0.25) is 5.32 Å². The van der Waals surface area contributed by atoms with Gasteiger partial charge < -0.3 is 4.74 Å². The minimum absolute atomic E-state index is 0.273. The first kappa shape index (κ1) is 7.20. The van der Waals surface area contributed by atoms with E-state index >= 15 is 0 Å². The molecule has 42 valence electrons. The molecule has 0 fully saturated rings. The topological polar surface area (TPSA) is 21.3 Å². The summed E-state index contributed by atoms with van der Waals surface area (Å²) in [5, 5.41) is 2.74. The van der Waals surface area contributed by atoms with Crippen LogP contribution in [0.25, 0.3) is 0 Å². The van der Waals surface area contributed by atoms with Crippen LogP contribution >= 0.6 is 24.8 Å². The Morgan fingerprint density at radius 3 is 2.71 bits per heavy atom. The first-order valence-corrected chi connectivity index (χ1v) is 2.63. The van der Waals surface area contributed by atoms with E-state index in [-0.39, 0.29) is 4.38 Å². The Hall–Kier alpha value is 0.200. The number of hydrogen-bond acceptors (Lipinski definition) is 3. The van der Waals surface area contributed by atoms with Crippen LogP contribution in [-0.2, 0) is 4.74 Å².